The number of amides is 1. The normalized spacial score (nSPS) is 10.9. The fourth-order valence-corrected chi connectivity index (χ4v) is 2.60. The lowest BCUT2D eigenvalue weighted by Crippen LogP contribution is -2.35. The molecular formula is C13H22N2O2S. The Bertz CT molecular complexity index is 366. The maximum absolute atomic E-state index is 11.6. The molecule has 18 heavy (non-hydrogen) atoms. The molecule has 1 heterocycles. The number of thiophene rings is 1. The van der Waals surface area contributed by atoms with Gasteiger partial charge in [0.15, 0.2) is 0 Å². The van der Waals surface area contributed by atoms with E-state index in [9.17, 15) is 4.79 Å². The van der Waals surface area contributed by atoms with Crippen molar-refractivity contribution in [2.45, 2.75) is 19.9 Å². The molecule has 0 spiro atoms. The molecule has 0 fully saturated rings. The molecule has 1 aromatic heterocycles. The molecule has 0 aliphatic carbocycles. The molecule has 0 saturated heterocycles. The molecule has 1 rings (SSSR count). The summed E-state index contributed by atoms with van der Waals surface area (Å²) in [6.07, 6.45) is 0.857. The van der Waals surface area contributed by atoms with E-state index in [1.807, 2.05) is 11.9 Å². The fourth-order valence-electron chi connectivity index (χ4n) is 1.61. The number of carbonyl (C=O) groups is 1. The standard InChI is InChI=1S/C13H22N2O2S/c1-11-5-8-18-12(11)9-15(2)10-13(16)14-6-4-7-17-3/h5,8H,4,6-7,9-10H2,1-3H3,(H,14,16). The highest BCUT2D eigenvalue weighted by atomic mass is 32.1. The van der Waals surface area contributed by atoms with Crippen molar-refractivity contribution in [1.29, 1.82) is 0 Å². The van der Waals surface area contributed by atoms with Gasteiger partial charge in [-0.1, -0.05) is 0 Å². The average Bonchev–Trinajstić information content (AvgIpc) is 2.70. The van der Waals surface area contributed by atoms with E-state index in [1.165, 1.54) is 10.4 Å². The van der Waals surface area contributed by atoms with Crippen LogP contribution in [0, 0.1) is 6.92 Å². The molecule has 0 atom stereocenters. The number of hydrogen-bond donors (Lipinski definition) is 1. The van der Waals surface area contributed by atoms with Crippen molar-refractivity contribution >= 4 is 17.2 Å². The van der Waals surface area contributed by atoms with Gasteiger partial charge >= 0.3 is 0 Å². The predicted octanol–water partition coefficient (Wildman–Crippen LogP) is 1.64. The number of methoxy groups -OCH3 is 1. The monoisotopic (exact) mass is 270 g/mol. The van der Waals surface area contributed by atoms with Crippen LogP contribution >= 0.6 is 11.3 Å². The van der Waals surface area contributed by atoms with Crippen LogP contribution < -0.4 is 5.32 Å². The Morgan fingerprint density at radius 1 is 1.56 bits per heavy atom. The van der Waals surface area contributed by atoms with Crippen LogP contribution in [0.2, 0.25) is 0 Å². The Hall–Kier alpha value is -0.910. The second kappa shape index (κ2) is 8.24. The van der Waals surface area contributed by atoms with Gasteiger partial charge in [-0.2, -0.15) is 0 Å². The molecule has 5 heteroatoms. The number of hydrogen-bond acceptors (Lipinski definition) is 4. The first-order valence-electron chi connectivity index (χ1n) is 6.10. The van der Waals surface area contributed by atoms with Gasteiger partial charge in [-0.25, -0.2) is 0 Å². The van der Waals surface area contributed by atoms with Crippen LogP contribution in [0.3, 0.4) is 0 Å². The van der Waals surface area contributed by atoms with Crippen LogP contribution in [0.5, 0.6) is 0 Å². The third-order valence-corrected chi connectivity index (χ3v) is 3.65. The van der Waals surface area contributed by atoms with Crippen molar-refractivity contribution < 1.29 is 9.53 Å². The minimum Gasteiger partial charge on any atom is -0.385 e. The first-order chi connectivity index (χ1) is 8.63. The zero-order valence-electron chi connectivity index (χ0n) is 11.4. The average molecular weight is 270 g/mol. The van der Waals surface area contributed by atoms with Gasteiger partial charge in [0.1, 0.15) is 0 Å². The van der Waals surface area contributed by atoms with E-state index in [0.29, 0.717) is 19.7 Å². The summed E-state index contributed by atoms with van der Waals surface area (Å²) in [4.78, 5) is 15.0. The zero-order chi connectivity index (χ0) is 13.4. The van der Waals surface area contributed by atoms with Crippen molar-refractivity contribution in [1.82, 2.24) is 10.2 Å². The van der Waals surface area contributed by atoms with Gasteiger partial charge in [-0.3, -0.25) is 9.69 Å². The minimum atomic E-state index is 0.0720. The van der Waals surface area contributed by atoms with E-state index in [4.69, 9.17) is 4.74 Å². The third kappa shape index (κ3) is 5.62. The number of nitrogens with zero attached hydrogens (tertiary/aromatic N) is 1. The molecule has 4 nitrogen and oxygen atoms in total. The van der Waals surface area contributed by atoms with Crippen LogP contribution in [0.4, 0.5) is 0 Å². The molecule has 0 saturated carbocycles. The molecule has 102 valence electrons. The van der Waals surface area contributed by atoms with Gasteiger partial charge < -0.3 is 10.1 Å². The van der Waals surface area contributed by atoms with Crippen LogP contribution in [0.1, 0.15) is 16.9 Å². The van der Waals surface area contributed by atoms with Gasteiger partial charge in [0.05, 0.1) is 6.54 Å². The summed E-state index contributed by atoms with van der Waals surface area (Å²) < 4.78 is 4.93. The lowest BCUT2D eigenvalue weighted by atomic mass is 10.3. The first kappa shape index (κ1) is 15.1. The second-order valence-electron chi connectivity index (χ2n) is 4.40. The molecule has 1 N–H and O–H groups in total. The molecule has 0 unspecified atom stereocenters. The highest BCUT2D eigenvalue weighted by Crippen LogP contribution is 2.16. The zero-order valence-corrected chi connectivity index (χ0v) is 12.2. The van der Waals surface area contributed by atoms with Crippen LogP contribution in [0.25, 0.3) is 0 Å². The summed E-state index contributed by atoms with van der Waals surface area (Å²) >= 11 is 1.74. The number of nitrogens with one attached hydrogen (secondary N) is 1. The summed E-state index contributed by atoms with van der Waals surface area (Å²) in [5, 5.41) is 4.97. The van der Waals surface area contributed by atoms with Crippen LogP contribution in [-0.4, -0.2) is 44.7 Å². The van der Waals surface area contributed by atoms with Crippen molar-refractivity contribution in [2.75, 3.05) is 33.9 Å². The lowest BCUT2D eigenvalue weighted by Gasteiger charge is -2.15. The molecular weight excluding hydrogens is 248 g/mol. The molecule has 1 amide bonds. The van der Waals surface area contributed by atoms with Crippen molar-refractivity contribution in [3.63, 3.8) is 0 Å². The summed E-state index contributed by atoms with van der Waals surface area (Å²) in [7, 11) is 3.63. The van der Waals surface area contributed by atoms with Gasteiger partial charge in [-0.05, 0) is 37.4 Å². The number of rotatable bonds is 8. The van der Waals surface area contributed by atoms with Gasteiger partial charge in [0.2, 0.25) is 5.91 Å². The summed E-state index contributed by atoms with van der Waals surface area (Å²) in [6, 6.07) is 2.11. The van der Waals surface area contributed by atoms with Crippen molar-refractivity contribution in [3.05, 3.63) is 21.9 Å². The largest absolute Gasteiger partial charge is 0.385 e. The molecule has 0 aromatic carbocycles. The first-order valence-corrected chi connectivity index (χ1v) is 6.98. The third-order valence-electron chi connectivity index (χ3n) is 2.64. The lowest BCUT2D eigenvalue weighted by molar-refractivity contribution is -0.122. The molecule has 0 radical (unpaired) electrons. The Morgan fingerprint density at radius 3 is 2.94 bits per heavy atom. The van der Waals surface area contributed by atoms with Gasteiger partial charge in [0.25, 0.3) is 0 Å². The maximum atomic E-state index is 11.6. The topological polar surface area (TPSA) is 41.6 Å². The molecule has 0 bridgehead atoms. The Kier molecular flexibility index (Phi) is 6.93. The van der Waals surface area contributed by atoms with Crippen LogP contribution in [-0.2, 0) is 16.1 Å². The molecule has 0 aliphatic rings. The number of likely N-dealkylation sites (N-methyl/N-ethyl adjacent to an activating group) is 1. The molecule has 1 aromatic rings. The Morgan fingerprint density at radius 2 is 2.33 bits per heavy atom. The summed E-state index contributed by atoms with van der Waals surface area (Å²) in [6.45, 7) is 4.73. The maximum Gasteiger partial charge on any atom is 0.234 e. The SMILES string of the molecule is COCCCNC(=O)CN(C)Cc1sccc1C. The smallest absolute Gasteiger partial charge is 0.234 e. The Labute approximate surface area is 113 Å². The van der Waals surface area contributed by atoms with Crippen LogP contribution in [0.15, 0.2) is 11.4 Å². The number of aryl methyl sites for hydroxylation is 1. The highest BCUT2D eigenvalue weighted by Gasteiger charge is 2.08. The van der Waals surface area contributed by atoms with Crippen molar-refractivity contribution in [3.8, 4) is 0 Å². The summed E-state index contributed by atoms with van der Waals surface area (Å²) in [5.41, 5.74) is 1.30. The second-order valence-corrected chi connectivity index (χ2v) is 5.40. The number of ether oxygens (including phenoxy) is 1. The van der Waals surface area contributed by atoms with E-state index in [2.05, 4.69) is 23.7 Å². The number of carbonyl (C=O) groups excluding carboxylic acids is 1. The highest BCUT2D eigenvalue weighted by molar-refractivity contribution is 7.10. The fraction of sp³-hybridized carbons (Fsp3) is 0.615. The van der Waals surface area contributed by atoms with E-state index in [-0.39, 0.29) is 5.91 Å². The summed E-state index contributed by atoms with van der Waals surface area (Å²) in [5.74, 6) is 0.0720. The van der Waals surface area contributed by atoms with Gasteiger partial charge in [0, 0.05) is 31.7 Å². The van der Waals surface area contributed by atoms with E-state index >= 15 is 0 Å². The van der Waals surface area contributed by atoms with E-state index in [0.717, 1.165) is 13.0 Å². The molecule has 0 aliphatic heterocycles. The minimum absolute atomic E-state index is 0.0720. The Balaban J connectivity index is 2.21. The quantitative estimate of drug-likeness (QED) is 0.730. The van der Waals surface area contributed by atoms with Crippen molar-refractivity contribution in [2.24, 2.45) is 0 Å². The van der Waals surface area contributed by atoms with Gasteiger partial charge in [-0.15, -0.1) is 11.3 Å². The van der Waals surface area contributed by atoms with E-state index < -0.39 is 0 Å². The van der Waals surface area contributed by atoms with E-state index in [1.54, 1.807) is 18.4 Å². The predicted molar refractivity (Wildman–Crippen MR) is 74.9 cm³/mol.